The molecule has 1 amide bonds. The van der Waals surface area contributed by atoms with Crippen LogP contribution in [0.15, 0.2) is 62.5 Å². The number of nitrogens with zero attached hydrogens (tertiary/aromatic N) is 1. The number of carbonyl (C=O) groups excluding carboxylic acids is 1. The van der Waals surface area contributed by atoms with Crippen molar-refractivity contribution in [3.8, 4) is 11.3 Å². The van der Waals surface area contributed by atoms with Crippen LogP contribution in [0.4, 0.5) is 4.79 Å². The fraction of sp³-hybridized carbons (Fsp3) is 0.321. The number of carbonyl (C=O) groups is 1. The van der Waals surface area contributed by atoms with E-state index in [0.29, 0.717) is 34.8 Å². The molecule has 36 heavy (non-hydrogen) atoms. The van der Waals surface area contributed by atoms with Gasteiger partial charge in [0.05, 0.1) is 10.9 Å². The monoisotopic (exact) mass is 506 g/mol. The molecular formula is C28H27ClN2O5. The number of piperidine rings is 1. The second-order valence-electron chi connectivity index (χ2n) is 10.2. The summed E-state index contributed by atoms with van der Waals surface area (Å²) in [5, 5.41) is 1.24. The van der Waals surface area contributed by atoms with Gasteiger partial charge >= 0.3 is 6.09 Å². The second kappa shape index (κ2) is 9.13. The fourth-order valence-electron chi connectivity index (χ4n) is 4.64. The fourth-order valence-corrected chi connectivity index (χ4v) is 4.77. The Labute approximate surface area is 212 Å². The molecule has 1 N–H and O–H groups in total. The van der Waals surface area contributed by atoms with Crippen LogP contribution in [0, 0.1) is 0 Å². The number of nitrogens with one attached hydrogen (secondary N) is 1. The van der Waals surface area contributed by atoms with E-state index in [1.165, 1.54) is 0 Å². The summed E-state index contributed by atoms with van der Waals surface area (Å²) in [4.78, 5) is 43.4. The predicted molar refractivity (Wildman–Crippen MR) is 141 cm³/mol. The van der Waals surface area contributed by atoms with E-state index in [4.69, 9.17) is 20.8 Å². The van der Waals surface area contributed by atoms with Gasteiger partial charge in [-0.05, 0) is 87.6 Å². The second-order valence-corrected chi connectivity index (χ2v) is 10.6. The Morgan fingerprint density at radius 2 is 1.72 bits per heavy atom. The molecule has 1 fully saturated rings. The molecule has 0 radical (unpaired) electrons. The van der Waals surface area contributed by atoms with Crippen LogP contribution in [0.3, 0.4) is 0 Å². The zero-order valence-corrected chi connectivity index (χ0v) is 21.1. The van der Waals surface area contributed by atoms with Crippen LogP contribution < -0.4 is 11.0 Å². The van der Waals surface area contributed by atoms with E-state index in [9.17, 15) is 14.4 Å². The minimum absolute atomic E-state index is 0.00614. The highest BCUT2D eigenvalue weighted by Crippen LogP contribution is 2.31. The summed E-state index contributed by atoms with van der Waals surface area (Å²) >= 11 is 5.98. The van der Waals surface area contributed by atoms with Gasteiger partial charge in [0.15, 0.2) is 5.43 Å². The van der Waals surface area contributed by atoms with Gasteiger partial charge in [0, 0.05) is 29.1 Å². The molecule has 0 saturated carbocycles. The summed E-state index contributed by atoms with van der Waals surface area (Å²) in [5.41, 5.74) is 0.914. The van der Waals surface area contributed by atoms with Crippen molar-refractivity contribution in [3.05, 3.63) is 79.7 Å². The van der Waals surface area contributed by atoms with Crippen LogP contribution in [0.5, 0.6) is 0 Å². The number of furan rings is 1. The number of ether oxygens (including phenoxy) is 1. The van der Waals surface area contributed by atoms with E-state index < -0.39 is 11.2 Å². The van der Waals surface area contributed by atoms with Crippen molar-refractivity contribution in [2.45, 2.75) is 45.1 Å². The zero-order chi connectivity index (χ0) is 25.6. The lowest BCUT2D eigenvalue weighted by molar-refractivity contribution is 0.0205. The number of halogens is 1. The number of likely N-dealkylation sites (tertiary alicyclic amines) is 1. The van der Waals surface area contributed by atoms with Gasteiger partial charge in [0.25, 0.3) is 5.56 Å². The Kier molecular flexibility index (Phi) is 6.12. The molecule has 0 bridgehead atoms. The SMILES string of the molecule is CC(C)(C)OC(=O)N1CCC(c2ccc3[nH]c(=O)c4oc(-c5ccc(Cl)cc5)cc4c(=O)c3c2)CC1. The smallest absolute Gasteiger partial charge is 0.410 e. The zero-order valence-electron chi connectivity index (χ0n) is 20.4. The molecule has 186 valence electrons. The third-order valence-electron chi connectivity index (χ3n) is 6.47. The normalized spacial score (nSPS) is 14.9. The maximum atomic E-state index is 13.5. The van der Waals surface area contributed by atoms with Crippen LogP contribution in [-0.4, -0.2) is 34.7 Å². The molecule has 0 aliphatic carbocycles. The van der Waals surface area contributed by atoms with Crippen molar-refractivity contribution in [1.82, 2.24) is 9.88 Å². The summed E-state index contributed by atoms with van der Waals surface area (Å²) < 4.78 is 11.3. The van der Waals surface area contributed by atoms with E-state index in [0.717, 1.165) is 24.0 Å². The molecule has 1 aliphatic rings. The Hall–Kier alpha value is -3.58. The topological polar surface area (TPSA) is 92.6 Å². The van der Waals surface area contributed by atoms with Crippen molar-refractivity contribution in [2.75, 3.05) is 13.1 Å². The Morgan fingerprint density at radius 1 is 1.03 bits per heavy atom. The molecule has 2 aromatic carbocycles. The molecule has 4 aromatic rings. The number of H-pyrrole nitrogens is 1. The molecule has 8 heteroatoms. The predicted octanol–water partition coefficient (Wildman–Crippen LogP) is 6.07. The summed E-state index contributed by atoms with van der Waals surface area (Å²) in [5.74, 6) is 0.614. The highest BCUT2D eigenvalue weighted by molar-refractivity contribution is 6.30. The summed E-state index contributed by atoms with van der Waals surface area (Å²) in [6, 6.07) is 14.2. The van der Waals surface area contributed by atoms with Gasteiger partial charge in [-0.3, -0.25) is 9.59 Å². The van der Waals surface area contributed by atoms with Gasteiger partial charge in [-0.2, -0.15) is 0 Å². The maximum Gasteiger partial charge on any atom is 0.410 e. The minimum Gasteiger partial charge on any atom is -0.450 e. The quantitative estimate of drug-likeness (QED) is 0.356. The number of rotatable bonds is 2. The van der Waals surface area contributed by atoms with E-state index in [-0.39, 0.29) is 28.4 Å². The highest BCUT2D eigenvalue weighted by atomic mass is 35.5. The summed E-state index contributed by atoms with van der Waals surface area (Å²) in [6.07, 6.45) is 1.22. The first-order valence-electron chi connectivity index (χ1n) is 12.0. The van der Waals surface area contributed by atoms with Gasteiger partial charge in [-0.1, -0.05) is 17.7 Å². The highest BCUT2D eigenvalue weighted by Gasteiger charge is 2.27. The van der Waals surface area contributed by atoms with E-state index >= 15 is 0 Å². The van der Waals surface area contributed by atoms with E-state index in [1.807, 2.05) is 32.9 Å². The summed E-state index contributed by atoms with van der Waals surface area (Å²) in [7, 11) is 0. The molecule has 0 unspecified atom stereocenters. The third kappa shape index (κ3) is 4.75. The number of amides is 1. The van der Waals surface area contributed by atoms with E-state index in [2.05, 4.69) is 4.98 Å². The van der Waals surface area contributed by atoms with Crippen LogP contribution >= 0.6 is 11.6 Å². The largest absolute Gasteiger partial charge is 0.450 e. The van der Waals surface area contributed by atoms with Crippen LogP contribution in [0.25, 0.3) is 33.2 Å². The minimum atomic E-state index is -0.533. The standard InChI is InChI=1S/C28H27ClN2O5/c1-28(2,3)36-27(34)31-12-10-16(11-13-31)18-6-9-22-20(14-18)24(32)21-15-23(35-25(21)26(33)30-22)17-4-7-19(29)8-5-17/h4-9,14-16H,10-13H2,1-3H3,(H,30,33). The lowest BCUT2D eigenvalue weighted by Crippen LogP contribution is -2.41. The lowest BCUT2D eigenvalue weighted by Gasteiger charge is -2.33. The van der Waals surface area contributed by atoms with Gasteiger partial charge in [0.1, 0.15) is 11.4 Å². The maximum absolute atomic E-state index is 13.5. The molecule has 5 rings (SSSR count). The molecule has 1 saturated heterocycles. The number of benzene rings is 2. The van der Waals surface area contributed by atoms with Crippen molar-refractivity contribution >= 4 is 39.6 Å². The van der Waals surface area contributed by atoms with Crippen LogP contribution in [0.2, 0.25) is 5.02 Å². The van der Waals surface area contributed by atoms with Crippen molar-refractivity contribution in [1.29, 1.82) is 0 Å². The summed E-state index contributed by atoms with van der Waals surface area (Å²) in [6.45, 7) is 6.72. The number of aromatic amines is 1. The molecule has 3 heterocycles. The number of fused-ring (bicyclic) bond motifs is 2. The van der Waals surface area contributed by atoms with Gasteiger partial charge in [0.2, 0.25) is 5.58 Å². The first-order chi connectivity index (χ1) is 17.1. The number of aromatic nitrogens is 1. The molecule has 1 aliphatic heterocycles. The van der Waals surface area contributed by atoms with Gasteiger partial charge < -0.3 is 19.0 Å². The number of hydrogen-bond acceptors (Lipinski definition) is 5. The molecule has 0 atom stereocenters. The third-order valence-corrected chi connectivity index (χ3v) is 6.72. The van der Waals surface area contributed by atoms with Crippen molar-refractivity contribution < 1.29 is 13.9 Å². The first kappa shape index (κ1) is 24.1. The van der Waals surface area contributed by atoms with Crippen LogP contribution in [-0.2, 0) is 4.74 Å². The molecule has 0 spiro atoms. The Morgan fingerprint density at radius 3 is 2.39 bits per heavy atom. The van der Waals surface area contributed by atoms with Gasteiger partial charge in [-0.15, -0.1) is 0 Å². The number of hydrogen-bond donors (Lipinski definition) is 1. The van der Waals surface area contributed by atoms with Crippen molar-refractivity contribution in [3.63, 3.8) is 0 Å². The average Bonchev–Trinajstić information content (AvgIpc) is 3.25. The lowest BCUT2D eigenvalue weighted by atomic mass is 9.89. The average molecular weight is 507 g/mol. The van der Waals surface area contributed by atoms with Gasteiger partial charge in [-0.25, -0.2) is 4.79 Å². The molecule has 7 nitrogen and oxygen atoms in total. The first-order valence-corrected chi connectivity index (χ1v) is 12.3. The van der Waals surface area contributed by atoms with Crippen LogP contribution in [0.1, 0.15) is 45.1 Å². The Balaban J connectivity index is 1.48. The van der Waals surface area contributed by atoms with E-state index in [1.54, 1.807) is 41.3 Å². The van der Waals surface area contributed by atoms with Crippen molar-refractivity contribution in [2.24, 2.45) is 0 Å². The Bertz CT molecular complexity index is 1570. The molecule has 2 aromatic heterocycles. The molecular weight excluding hydrogens is 480 g/mol.